The quantitative estimate of drug-likeness (QED) is 0.858. The highest BCUT2D eigenvalue weighted by molar-refractivity contribution is 5.93. The van der Waals surface area contributed by atoms with E-state index in [0.29, 0.717) is 17.5 Å². The molecule has 2 aromatic rings. The molecule has 3 heterocycles. The summed E-state index contributed by atoms with van der Waals surface area (Å²) in [7, 11) is 0. The molecule has 6 nitrogen and oxygen atoms in total. The van der Waals surface area contributed by atoms with Crippen molar-refractivity contribution in [2.75, 3.05) is 13.1 Å². The number of nitrogens with zero attached hydrogens (tertiary/aromatic N) is 5. The van der Waals surface area contributed by atoms with Crippen LogP contribution in [0.2, 0.25) is 0 Å². The molecule has 25 heavy (non-hydrogen) atoms. The summed E-state index contributed by atoms with van der Waals surface area (Å²) in [5, 5.41) is 4.22. The van der Waals surface area contributed by atoms with Crippen molar-refractivity contribution in [3.8, 4) is 0 Å². The fourth-order valence-corrected chi connectivity index (χ4v) is 4.06. The van der Waals surface area contributed by atoms with Gasteiger partial charge in [0, 0.05) is 49.7 Å². The van der Waals surface area contributed by atoms with E-state index in [2.05, 4.69) is 16.6 Å². The molecule has 1 saturated carbocycles. The molecule has 0 unspecified atom stereocenters. The molecule has 0 aromatic carbocycles. The number of piperidine rings is 1. The van der Waals surface area contributed by atoms with Crippen molar-refractivity contribution in [1.82, 2.24) is 24.2 Å². The topological polar surface area (TPSA) is 56.0 Å². The molecule has 2 aliphatic rings. The van der Waals surface area contributed by atoms with Crippen LogP contribution in [0.1, 0.15) is 72.9 Å². The third-order valence-electron chi connectivity index (χ3n) is 5.80. The van der Waals surface area contributed by atoms with Gasteiger partial charge in [0.2, 0.25) is 0 Å². The Balaban J connectivity index is 1.43. The van der Waals surface area contributed by atoms with Crippen LogP contribution in [0.3, 0.4) is 0 Å². The first-order chi connectivity index (χ1) is 12.2. The minimum absolute atomic E-state index is 0.111. The number of likely N-dealkylation sites (tertiary alicyclic amines) is 1. The van der Waals surface area contributed by atoms with Gasteiger partial charge in [-0.05, 0) is 39.5 Å². The monoisotopic (exact) mass is 341 g/mol. The maximum atomic E-state index is 12.7. The van der Waals surface area contributed by atoms with Gasteiger partial charge in [0.1, 0.15) is 5.82 Å². The number of rotatable bonds is 4. The van der Waals surface area contributed by atoms with E-state index in [0.717, 1.165) is 32.5 Å². The van der Waals surface area contributed by atoms with Crippen molar-refractivity contribution in [1.29, 1.82) is 0 Å². The molecule has 2 fully saturated rings. The fraction of sp³-hybridized carbons (Fsp3) is 0.632. The third-order valence-corrected chi connectivity index (χ3v) is 5.80. The van der Waals surface area contributed by atoms with Gasteiger partial charge in [-0.15, -0.1) is 0 Å². The highest BCUT2D eigenvalue weighted by atomic mass is 16.2. The summed E-state index contributed by atoms with van der Waals surface area (Å²) in [6.07, 6.45) is 11.4. The van der Waals surface area contributed by atoms with Crippen LogP contribution >= 0.6 is 0 Å². The van der Waals surface area contributed by atoms with E-state index >= 15 is 0 Å². The van der Waals surface area contributed by atoms with Gasteiger partial charge in [0.05, 0.1) is 11.8 Å². The number of carbonyl (C=O) groups excluding carboxylic acids is 1. The second-order valence-corrected chi connectivity index (χ2v) is 7.36. The summed E-state index contributed by atoms with van der Waals surface area (Å²) in [6, 6.07) is 0.473. The average Bonchev–Trinajstić information content (AvgIpc) is 3.20. The van der Waals surface area contributed by atoms with Crippen LogP contribution in [-0.2, 0) is 6.54 Å². The van der Waals surface area contributed by atoms with Crippen molar-refractivity contribution >= 4 is 5.91 Å². The number of amides is 1. The van der Waals surface area contributed by atoms with Gasteiger partial charge in [-0.2, -0.15) is 5.10 Å². The lowest BCUT2D eigenvalue weighted by atomic mass is 9.84. The third kappa shape index (κ3) is 2.98. The number of hydrogen-bond donors (Lipinski definition) is 0. The van der Waals surface area contributed by atoms with E-state index in [1.807, 2.05) is 24.2 Å². The summed E-state index contributed by atoms with van der Waals surface area (Å²) in [4.78, 5) is 19.3. The van der Waals surface area contributed by atoms with Crippen LogP contribution in [-0.4, -0.2) is 43.2 Å². The first-order valence-corrected chi connectivity index (χ1v) is 9.52. The van der Waals surface area contributed by atoms with Gasteiger partial charge < -0.3 is 9.47 Å². The first kappa shape index (κ1) is 16.4. The van der Waals surface area contributed by atoms with Crippen molar-refractivity contribution in [3.63, 3.8) is 0 Å². The Hall–Kier alpha value is -2.11. The molecule has 1 aliphatic heterocycles. The van der Waals surface area contributed by atoms with E-state index < -0.39 is 0 Å². The zero-order valence-corrected chi connectivity index (χ0v) is 15.2. The number of aromatic nitrogens is 4. The molecule has 0 bridgehead atoms. The largest absolute Gasteiger partial charge is 0.338 e. The highest BCUT2D eigenvalue weighted by Crippen LogP contribution is 2.38. The van der Waals surface area contributed by atoms with E-state index in [9.17, 15) is 4.79 Å². The van der Waals surface area contributed by atoms with Crippen LogP contribution < -0.4 is 0 Å². The minimum atomic E-state index is 0.111. The molecule has 134 valence electrons. The molecule has 4 rings (SSSR count). The first-order valence-electron chi connectivity index (χ1n) is 9.52. The summed E-state index contributed by atoms with van der Waals surface area (Å²) in [5.74, 6) is 2.03. The lowest BCUT2D eigenvalue weighted by Gasteiger charge is -2.35. The zero-order chi connectivity index (χ0) is 17.4. The molecule has 1 aliphatic carbocycles. The average molecular weight is 341 g/mol. The Labute approximate surface area is 148 Å². The Bertz CT molecular complexity index is 750. The van der Waals surface area contributed by atoms with Crippen molar-refractivity contribution < 1.29 is 4.79 Å². The number of aryl methyl sites for hydroxylation is 2. The highest BCUT2D eigenvalue weighted by Gasteiger charge is 2.30. The van der Waals surface area contributed by atoms with Crippen molar-refractivity contribution in [3.05, 3.63) is 35.7 Å². The molecule has 6 heteroatoms. The van der Waals surface area contributed by atoms with Gasteiger partial charge in [0.25, 0.3) is 5.91 Å². The zero-order valence-electron chi connectivity index (χ0n) is 15.2. The van der Waals surface area contributed by atoms with Crippen molar-refractivity contribution in [2.24, 2.45) is 0 Å². The maximum Gasteiger partial charge on any atom is 0.257 e. The van der Waals surface area contributed by atoms with E-state index in [1.54, 1.807) is 10.9 Å². The normalized spacial score (nSPS) is 19.2. The Morgan fingerprint density at radius 2 is 1.96 bits per heavy atom. The maximum absolute atomic E-state index is 12.7. The molecule has 0 radical (unpaired) electrons. The molecule has 1 amide bonds. The SMILES string of the molecule is CCn1cc(C(=O)N2CCC(n3c(C)cnc3C3CCC3)CC2)cn1. The predicted molar refractivity (Wildman–Crippen MR) is 95.6 cm³/mol. The van der Waals surface area contributed by atoms with Gasteiger partial charge in [-0.1, -0.05) is 6.42 Å². The molecule has 1 saturated heterocycles. The van der Waals surface area contributed by atoms with Gasteiger partial charge in [0.15, 0.2) is 0 Å². The molecular formula is C19H27N5O. The summed E-state index contributed by atoms with van der Waals surface area (Å²) < 4.78 is 4.26. The van der Waals surface area contributed by atoms with Gasteiger partial charge in [-0.25, -0.2) is 4.98 Å². The minimum Gasteiger partial charge on any atom is -0.338 e. The van der Waals surface area contributed by atoms with Crippen LogP contribution in [0.5, 0.6) is 0 Å². The molecule has 0 N–H and O–H groups in total. The van der Waals surface area contributed by atoms with E-state index in [-0.39, 0.29) is 5.91 Å². The smallest absolute Gasteiger partial charge is 0.257 e. The second kappa shape index (κ2) is 6.65. The van der Waals surface area contributed by atoms with Crippen molar-refractivity contribution in [2.45, 2.75) is 64.5 Å². The fourth-order valence-electron chi connectivity index (χ4n) is 4.06. The van der Waals surface area contributed by atoms with E-state index in [1.165, 1.54) is 30.8 Å². The number of hydrogen-bond acceptors (Lipinski definition) is 3. The molecule has 2 aromatic heterocycles. The summed E-state index contributed by atoms with van der Waals surface area (Å²) >= 11 is 0. The van der Waals surface area contributed by atoms with Gasteiger partial charge in [-0.3, -0.25) is 9.48 Å². The van der Waals surface area contributed by atoms with Crippen LogP contribution in [0.15, 0.2) is 18.6 Å². The molecule has 0 spiro atoms. The van der Waals surface area contributed by atoms with Gasteiger partial charge >= 0.3 is 0 Å². The Morgan fingerprint density at radius 3 is 2.56 bits per heavy atom. The Morgan fingerprint density at radius 1 is 1.20 bits per heavy atom. The lowest BCUT2D eigenvalue weighted by molar-refractivity contribution is 0.0692. The number of carbonyl (C=O) groups is 1. The summed E-state index contributed by atoms with van der Waals surface area (Å²) in [5.41, 5.74) is 1.96. The van der Waals surface area contributed by atoms with Crippen LogP contribution in [0.4, 0.5) is 0 Å². The second-order valence-electron chi connectivity index (χ2n) is 7.36. The van der Waals surface area contributed by atoms with Crippen LogP contribution in [0.25, 0.3) is 0 Å². The molecular weight excluding hydrogens is 314 g/mol. The summed E-state index contributed by atoms with van der Waals surface area (Å²) in [6.45, 7) is 6.59. The lowest BCUT2D eigenvalue weighted by Crippen LogP contribution is -2.39. The predicted octanol–water partition coefficient (Wildman–Crippen LogP) is 3.15. The molecule has 0 atom stereocenters. The van der Waals surface area contributed by atoms with Crippen LogP contribution in [0, 0.1) is 6.92 Å². The Kier molecular flexibility index (Phi) is 4.36. The number of imidazole rings is 1. The van der Waals surface area contributed by atoms with E-state index in [4.69, 9.17) is 4.98 Å². The standard InChI is InChI=1S/C19H27N5O/c1-3-23-13-16(12-21-23)19(25)22-9-7-17(8-10-22)24-14(2)11-20-18(24)15-5-4-6-15/h11-13,15,17H,3-10H2,1-2H3.